The number of ether oxygens (including phenoxy) is 2. The van der Waals surface area contributed by atoms with Crippen molar-refractivity contribution in [2.24, 2.45) is 5.92 Å². The number of halogens is 1. The van der Waals surface area contributed by atoms with Gasteiger partial charge in [-0.05, 0) is 50.2 Å². The number of likely N-dealkylation sites (tertiary alicyclic amines) is 1. The lowest BCUT2D eigenvalue weighted by Crippen LogP contribution is -2.39. The first-order valence-corrected chi connectivity index (χ1v) is 9.77. The molecular formula is C21H24BrNO4. The lowest BCUT2D eigenvalue weighted by molar-refractivity contribution is -0.143. The summed E-state index contributed by atoms with van der Waals surface area (Å²) in [4.78, 5) is 13.7. The van der Waals surface area contributed by atoms with Gasteiger partial charge in [0.05, 0.1) is 26.2 Å². The predicted molar refractivity (Wildman–Crippen MR) is 107 cm³/mol. The van der Waals surface area contributed by atoms with Gasteiger partial charge in [-0.2, -0.15) is 0 Å². The number of benzene rings is 2. The standard InChI is InChI=1S/C21H24BrNO4/c1-26-18-6-4-3-5-16(18)20(17-13-15(22)7-8-19(17)27-2)23-11-9-14(10-12-23)21(24)25/h3-8,13-14,20H,9-12H2,1-2H3,(H,24,25). The molecule has 0 bridgehead atoms. The number of carbonyl (C=O) groups is 1. The molecule has 5 nitrogen and oxygen atoms in total. The maximum Gasteiger partial charge on any atom is 0.306 e. The number of nitrogens with zero attached hydrogens (tertiary/aromatic N) is 1. The average Bonchev–Trinajstić information content (AvgIpc) is 2.69. The Kier molecular flexibility index (Phi) is 6.39. The van der Waals surface area contributed by atoms with Crippen molar-refractivity contribution in [3.8, 4) is 11.5 Å². The minimum absolute atomic E-state index is 0.0802. The van der Waals surface area contributed by atoms with Crippen molar-refractivity contribution in [1.82, 2.24) is 4.90 Å². The van der Waals surface area contributed by atoms with Gasteiger partial charge in [0.25, 0.3) is 0 Å². The Hall–Kier alpha value is -2.05. The van der Waals surface area contributed by atoms with Crippen LogP contribution >= 0.6 is 15.9 Å². The van der Waals surface area contributed by atoms with Crippen molar-refractivity contribution in [1.29, 1.82) is 0 Å². The molecule has 0 aliphatic carbocycles. The van der Waals surface area contributed by atoms with Crippen LogP contribution in [0.3, 0.4) is 0 Å². The van der Waals surface area contributed by atoms with Crippen LogP contribution in [0.25, 0.3) is 0 Å². The van der Waals surface area contributed by atoms with Gasteiger partial charge in [0, 0.05) is 15.6 Å². The summed E-state index contributed by atoms with van der Waals surface area (Å²) >= 11 is 3.57. The van der Waals surface area contributed by atoms with E-state index in [4.69, 9.17) is 9.47 Å². The van der Waals surface area contributed by atoms with E-state index in [-0.39, 0.29) is 12.0 Å². The molecule has 144 valence electrons. The van der Waals surface area contributed by atoms with E-state index in [1.54, 1.807) is 14.2 Å². The number of hydrogen-bond donors (Lipinski definition) is 1. The first kappa shape index (κ1) is 19.7. The number of hydrogen-bond acceptors (Lipinski definition) is 4. The second kappa shape index (κ2) is 8.76. The van der Waals surface area contributed by atoms with Crippen molar-refractivity contribution in [3.05, 3.63) is 58.1 Å². The van der Waals surface area contributed by atoms with E-state index in [1.807, 2.05) is 30.3 Å². The van der Waals surface area contributed by atoms with Crippen LogP contribution in [-0.2, 0) is 4.79 Å². The topological polar surface area (TPSA) is 59.0 Å². The van der Waals surface area contributed by atoms with E-state index in [9.17, 15) is 9.90 Å². The van der Waals surface area contributed by atoms with E-state index in [1.165, 1.54) is 0 Å². The molecule has 0 saturated carbocycles. The highest BCUT2D eigenvalue weighted by molar-refractivity contribution is 9.10. The second-order valence-electron chi connectivity index (χ2n) is 6.68. The number of rotatable bonds is 6. The molecule has 0 aromatic heterocycles. The first-order chi connectivity index (χ1) is 13.0. The van der Waals surface area contributed by atoms with Gasteiger partial charge in [-0.3, -0.25) is 9.69 Å². The van der Waals surface area contributed by atoms with Gasteiger partial charge < -0.3 is 14.6 Å². The molecule has 1 saturated heterocycles. The van der Waals surface area contributed by atoms with Gasteiger partial charge in [-0.25, -0.2) is 0 Å². The van der Waals surface area contributed by atoms with Gasteiger partial charge in [-0.15, -0.1) is 0 Å². The number of methoxy groups -OCH3 is 2. The van der Waals surface area contributed by atoms with Gasteiger partial charge in [-0.1, -0.05) is 34.1 Å². The number of piperidine rings is 1. The lowest BCUT2D eigenvalue weighted by atomic mass is 9.90. The van der Waals surface area contributed by atoms with Crippen molar-refractivity contribution in [3.63, 3.8) is 0 Å². The van der Waals surface area contributed by atoms with Crippen LogP contribution in [0.15, 0.2) is 46.9 Å². The molecule has 1 heterocycles. The highest BCUT2D eigenvalue weighted by atomic mass is 79.9. The van der Waals surface area contributed by atoms with Crippen molar-refractivity contribution < 1.29 is 19.4 Å². The summed E-state index contributed by atoms with van der Waals surface area (Å²) in [5.41, 5.74) is 2.08. The van der Waals surface area contributed by atoms with Gasteiger partial charge in [0.15, 0.2) is 0 Å². The van der Waals surface area contributed by atoms with Crippen LogP contribution in [0.5, 0.6) is 11.5 Å². The molecule has 1 aliphatic rings. The largest absolute Gasteiger partial charge is 0.496 e. The van der Waals surface area contributed by atoms with Gasteiger partial charge in [0.2, 0.25) is 0 Å². The smallest absolute Gasteiger partial charge is 0.306 e. The molecule has 1 atom stereocenters. The summed E-state index contributed by atoms with van der Waals surface area (Å²) in [6, 6.07) is 13.9. The molecule has 3 rings (SSSR count). The molecule has 2 aromatic carbocycles. The highest BCUT2D eigenvalue weighted by Crippen LogP contribution is 2.41. The van der Waals surface area contributed by atoms with E-state index in [0.717, 1.165) is 27.1 Å². The summed E-state index contributed by atoms with van der Waals surface area (Å²) in [5, 5.41) is 9.33. The Morgan fingerprint density at radius 3 is 2.33 bits per heavy atom. The number of carboxylic acids is 1. The van der Waals surface area contributed by atoms with Crippen molar-refractivity contribution in [2.75, 3.05) is 27.3 Å². The first-order valence-electron chi connectivity index (χ1n) is 8.98. The molecule has 1 unspecified atom stereocenters. The molecule has 0 spiro atoms. The second-order valence-corrected chi connectivity index (χ2v) is 7.59. The normalized spacial score (nSPS) is 16.7. The zero-order chi connectivity index (χ0) is 19.4. The Labute approximate surface area is 168 Å². The molecule has 1 N–H and O–H groups in total. The SMILES string of the molecule is COc1ccccc1C(c1cc(Br)ccc1OC)N1CCC(C(=O)O)CC1. The zero-order valence-electron chi connectivity index (χ0n) is 15.5. The number of carboxylic acid groups (broad SMARTS) is 1. The minimum atomic E-state index is -0.705. The third-order valence-electron chi connectivity index (χ3n) is 5.16. The predicted octanol–water partition coefficient (Wildman–Crippen LogP) is 4.35. The fourth-order valence-corrected chi connectivity index (χ4v) is 4.16. The quantitative estimate of drug-likeness (QED) is 0.733. The summed E-state index contributed by atoms with van der Waals surface area (Å²) in [5.74, 6) is 0.631. The Bertz CT molecular complexity index is 803. The summed E-state index contributed by atoms with van der Waals surface area (Å²) < 4.78 is 12.2. The van der Waals surface area contributed by atoms with Gasteiger partial charge in [0.1, 0.15) is 11.5 Å². The van der Waals surface area contributed by atoms with Crippen LogP contribution < -0.4 is 9.47 Å². The van der Waals surface area contributed by atoms with Crippen molar-refractivity contribution in [2.45, 2.75) is 18.9 Å². The molecule has 1 aliphatic heterocycles. The van der Waals surface area contributed by atoms with Crippen molar-refractivity contribution >= 4 is 21.9 Å². The van der Waals surface area contributed by atoms with E-state index >= 15 is 0 Å². The Balaban J connectivity index is 2.05. The molecule has 1 fully saturated rings. The monoisotopic (exact) mass is 433 g/mol. The molecule has 6 heteroatoms. The Morgan fingerprint density at radius 2 is 1.70 bits per heavy atom. The fourth-order valence-electron chi connectivity index (χ4n) is 3.78. The fraction of sp³-hybridized carbons (Fsp3) is 0.381. The molecule has 2 aromatic rings. The third kappa shape index (κ3) is 4.28. The minimum Gasteiger partial charge on any atom is -0.496 e. The lowest BCUT2D eigenvalue weighted by Gasteiger charge is -2.38. The summed E-state index contributed by atoms with van der Waals surface area (Å²) in [6.45, 7) is 1.41. The maximum absolute atomic E-state index is 11.4. The number of para-hydroxylation sites is 1. The zero-order valence-corrected chi connectivity index (χ0v) is 17.1. The Morgan fingerprint density at radius 1 is 1.07 bits per heavy atom. The van der Waals surface area contributed by atoms with Gasteiger partial charge >= 0.3 is 5.97 Å². The average molecular weight is 434 g/mol. The van der Waals surface area contributed by atoms with Crippen LogP contribution in [0, 0.1) is 5.92 Å². The van der Waals surface area contributed by atoms with E-state index < -0.39 is 5.97 Å². The summed E-state index contributed by atoms with van der Waals surface area (Å²) in [7, 11) is 3.34. The molecule has 27 heavy (non-hydrogen) atoms. The third-order valence-corrected chi connectivity index (χ3v) is 5.66. The molecule has 0 radical (unpaired) electrons. The van der Waals surface area contributed by atoms with Crippen LogP contribution in [0.1, 0.15) is 30.0 Å². The summed E-state index contributed by atoms with van der Waals surface area (Å²) in [6.07, 6.45) is 1.27. The molecule has 0 amide bonds. The van der Waals surface area contributed by atoms with Crippen LogP contribution in [0.4, 0.5) is 0 Å². The maximum atomic E-state index is 11.4. The highest BCUT2D eigenvalue weighted by Gasteiger charge is 2.33. The molecular weight excluding hydrogens is 410 g/mol. The number of aliphatic carboxylic acids is 1. The van der Waals surface area contributed by atoms with Crippen LogP contribution in [-0.4, -0.2) is 43.3 Å². The van der Waals surface area contributed by atoms with E-state index in [0.29, 0.717) is 25.9 Å². The van der Waals surface area contributed by atoms with E-state index in [2.05, 4.69) is 33.0 Å². The van der Waals surface area contributed by atoms with Crippen LogP contribution in [0.2, 0.25) is 0 Å².